The Morgan fingerprint density at radius 2 is 1.76 bits per heavy atom. The minimum Gasteiger partial charge on any atom is -0.453 e. The van der Waals surface area contributed by atoms with Crippen molar-refractivity contribution in [2.45, 2.75) is 20.0 Å². The maximum absolute atomic E-state index is 11.3. The molecule has 0 N–H and O–H groups in total. The van der Waals surface area contributed by atoms with Gasteiger partial charge in [0.1, 0.15) is 0 Å². The van der Waals surface area contributed by atoms with Crippen LogP contribution < -0.4 is 0 Å². The normalized spacial score (nSPS) is 11.7. The van der Waals surface area contributed by atoms with Crippen molar-refractivity contribution >= 4 is 27.7 Å². The fourth-order valence-electron chi connectivity index (χ4n) is 1.33. The largest absolute Gasteiger partial charge is 0.453 e. The fraction of sp³-hybridized carbons (Fsp3) is 0.231. The molecule has 0 radical (unpaired) electrons. The van der Waals surface area contributed by atoms with Crippen LogP contribution in [0.15, 0.2) is 40.9 Å². The van der Waals surface area contributed by atoms with Gasteiger partial charge in [-0.05, 0) is 24.6 Å². The van der Waals surface area contributed by atoms with E-state index in [4.69, 9.17) is 4.74 Å². The van der Waals surface area contributed by atoms with E-state index in [1.54, 1.807) is 12.1 Å². The van der Waals surface area contributed by atoms with Gasteiger partial charge in [-0.1, -0.05) is 34.6 Å². The van der Waals surface area contributed by atoms with Crippen LogP contribution in [0.25, 0.3) is 0 Å². The molecule has 0 spiro atoms. The Morgan fingerprint density at radius 1 is 1.24 bits per heavy atom. The van der Waals surface area contributed by atoms with E-state index in [-0.39, 0.29) is 11.4 Å². The van der Waals surface area contributed by atoms with Crippen LogP contribution in [0.1, 0.15) is 25.5 Å². The number of esters is 1. The summed E-state index contributed by atoms with van der Waals surface area (Å²) in [5.41, 5.74) is 0.992. The van der Waals surface area contributed by atoms with Crippen LogP contribution in [0.5, 0.6) is 0 Å². The van der Waals surface area contributed by atoms with Gasteiger partial charge in [-0.3, -0.25) is 9.59 Å². The first-order valence-electron chi connectivity index (χ1n) is 5.04. The Hall–Kier alpha value is -1.42. The molecule has 1 rings (SSSR count). The molecule has 0 saturated heterocycles. The number of hydrogen-bond donors (Lipinski definition) is 0. The van der Waals surface area contributed by atoms with E-state index in [9.17, 15) is 9.59 Å². The van der Waals surface area contributed by atoms with E-state index in [2.05, 4.69) is 22.5 Å². The molecule has 0 aromatic heterocycles. The standard InChI is InChI=1S/C13H13BrO3/c1-8(9(2)15)13(17-10(3)16)11-4-6-12(14)7-5-11/h4-7,13H,1H2,2-3H3. The molecule has 0 aliphatic carbocycles. The molecule has 3 nitrogen and oxygen atoms in total. The van der Waals surface area contributed by atoms with E-state index in [0.29, 0.717) is 0 Å². The molecule has 0 amide bonds. The second-order valence-electron chi connectivity index (χ2n) is 3.62. The number of carbonyl (C=O) groups excluding carboxylic acids is 2. The highest BCUT2D eigenvalue weighted by Crippen LogP contribution is 2.26. The number of benzene rings is 1. The van der Waals surface area contributed by atoms with Gasteiger partial charge >= 0.3 is 5.97 Å². The van der Waals surface area contributed by atoms with Gasteiger partial charge in [-0.15, -0.1) is 0 Å². The quantitative estimate of drug-likeness (QED) is 0.633. The molecule has 1 unspecified atom stereocenters. The molecule has 1 atom stereocenters. The number of ether oxygens (including phenoxy) is 1. The van der Waals surface area contributed by atoms with Crippen molar-refractivity contribution in [3.63, 3.8) is 0 Å². The molecular formula is C13H13BrO3. The topological polar surface area (TPSA) is 43.4 Å². The number of halogens is 1. The zero-order valence-corrected chi connectivity index (χ0v) is 11.3. The van der Waals surface area contributed by atoms with Crippen molar-refractivity contribution in [2.24, 2.45) is 0 Å². The third-order valence-electron chi connectivity index (χ3n) is 2.23. The monoisotopic (exact) mass is 296 g/mol. The van der Waals surface area contributed by atoms with Crippen molar-refractivity contribution in [3.8, 4) is 0 Å². The summed E-state index contributed by atoms with van der Waals surface area (Å²) in [4.78, 5) is 22.3. The third-order valence-corrected chi connectivity index (χ3v) is 2.75. The van der Waals surface area contributed by atoms with Crippen LogP contribution in [0.3, 0.4) is 0 Å². The SMILES string of the molecule is C=C(C(C)=O)C(OC(C)=O)c1ccc(Br)cc1. The summed E-state index contributed by atoms with van der Waals surface area (Å²) in [7, 11) is 0. The van der Waals surface area contributed by atoms with Crippen LogP contribution in [0, 0.1) is 0 Å². The van der Waals surface area contributed by atoms with Gasteiger partial charge in [0.15, 0.2) is 11.9 Å². The van der Waals surface area contributed by atoms with Crippen LogP contribution in [0.2, 0.25) is 0 Å². The summed E-state index contributed by atoms with van der Waals surface area (Å²) in [6, 6.07) is 7.20. The molecule has 0 bridgehead atoms. The molecule has 0 heterocycles. The molecule has 0 aliphatic heterocycles. The van der Waals surface area contributed by atoms with Crippen LogP contribution >= 0.6 is 15.9 Å². The Balaban J connectivity index is 3.05. The smallest absolute Gasteiger partial charge is 0.303 e. The van der Waals surface area contributed by atoms with E-state index >= 15 is 0 Å². The van der Waals surface area contributed by atoms with Gasteiger partial charge in [-0.25, -0.2) is 0 Å². The predicted octanol–water partition coefficient (Wildman–Crippen LogP) is 3.20. The minimum atomic E-state index is -0.710. The molecule has 0 saturated carbocycles. The highest BCUT2D eigenvalue weighted by molar-refractivity contribution is 9.10. The minimum absolute atomic E-state index is 0.195. The number of carbonyl (C=O) groups is 2. The maximum atomic E-state index is 11.3. The van der Waals surface area contributed by atoms with Crippen molar-refractivity contribution < 1.29 is 14.3 Å². The summed E-state index contributed by atoms with van der Waals surface area (Å²) in [6.07, 6.45) is -0.710. The molecule has 4 heteroatoms. The lowest BCUT2D eigenvalue weighted by Gasteiger charge is -2.18. The zero-order chi connectivity index (χ0) is 13.0. The Labute approximate surface area is 109 Å². The summed E-state index contributed by atoms with van der Waals surface area (Å²) in [5.74, 6) is -0.639. The second-order valence-corrected chi connectivity index (χ2v) is 4.54. The molecule has 90 valence electrons. The summed E-state index contributed by atoms with van der Waals surface area (Å²) >= 11 is 3.31. The predicted molar refractivity (Wildman–Crippen MR) is 68.5 cm³/mol. The van der Waals surface area contributed by atoms with Gasteiger partial charge < -0.3 is 4.74 Å². The van der Waals surface area contributed by atoms with Crippen molar-refractivity contribution in [2.75, 3.05) is 0 Å². The molecule has 1 aromatic rings. The van der Waals surface area contributed by atoms with E-state index in [1.165, 1.54) is 13.8 Å². The van der Waals surface area contributed by atoms with Gasteiger partial charge in [0.2, 0.25) is 0 Å². The first-order valence-corrected chi connectivity index (χ1v) is 5.83. The Bertz CT molecular complexity index is 448. The van der Waals surface area contributed by atoms with Crippen LogP contribution in [-0.2, 0) is 14.3 Å². The van der Waals surface area contributed by atoms with Crippen molar-refractivity contribution in [3.05, 3.63) is 46.5 Å². The highest BCUT2D eigenvalue weighted by atomic mass is 79.9. The first kappa shape index (κ1) is 13.6. The highest BCUT2D eigenvalue weighted by Gasteiger charge is 2.21. The maximum Gasteiger partial charge on any atom is 0.303 e. The number of hydrogen-bond acceptors (Lipinski definition) is 3. The van der Waals surface area contributed by atoms with Gasteiger partial charge in [0, 0.05) is 17.0 Å². The number of Topliss-reactive ketones (excluding diaryl/α,β-unsaturated/α-hetero) is 1. The fourth-order valence-corrected chi connectivity index (χ4v) is 1.59. The first-order chi connectivity index (χ1) is 7.91. The Kier molecular flexibility index (Phi) is 4.63. The molecule has 0 aliphatic rings. The lowest BCUT2D eigenvalue weighted by molar-refractivity contribution is -0.145. The molecule has 17 heavy (non-hydrogen) atoms. The lowest BCUT2D eigenvalue weighted by atomic mass is 10.0. The molecule has 0 fully saturated rings. The third kappa shape index (κ3) is 3.82. The molecule has 1 aromatic carbocycles. The number of ketones is 1. The second kappa shape index (κ2) is 5.77. The average molecular weight is 297 g/mol. The lowest BCUT2D eigenvalue weighted by Crippen LogP contribution is -2.14. The number of rotatable bonds is 4. The van der Waals surface area contributed by atoms with Gasteiger partial charge in [-0.2, -0.15) is 0 Å². The van der Waals surface area contributed by atoms with Gasteiger partial charge in [0.25, 0.3) is 0 Å². The zero-order valence-electron chi connectivity index (χ0n) is 9.70. The van der Waals surface area contributed by atoms with Gasteiger partial charge in [0.05, 0.1) is 0 Å². The van der Waals surface area contributed by atoms with E-state index in [1.807, 2.05) is 12.1 Å². The Morgan fingerprint density at radius 3 is 2.18 bits per heavy atom. The van der Waals surface area contributed by atoms with E-state index < -0.39 is 12.1 Å². The van der Waals surface area contributed by atoms with E-state index in [0.717, 1.165) is 10.0 Å². The van der Waals surface area contributed by atoms with Crippen molar-refractivity contribution in [1.29, 1.82) is 0 Å². The van der Waals surface area contributed by atoms with Crippen molar-refractivity contribution in [1.82, 2.24) is 0 Å². The van der Waals surface area contributed by atoms with Crippen LogP contribution in [0.4, 0.5) is 0 Å². The average Bonchev–Trinajstić information content (AvgIpc) is 2.26. The summed E-state index contributed by atoms with van der Waals surface area (Å²) in [6.45, 7) is 6.37. The van der Waals surface area contributed by atoms with Crippen LogP contribution in [-0.4, -0.2) is 11.8 Å². The summed E-state index contributed by atoms with van der Waals surface area (Å²) in [5, 5.41) is 0. The molecular weight excluding hydrogens is 284 g/mol. The summed E-state index contributed by atoms with van der Waals surface area (Å²) < 4.78 is 6.04.